The highest BCUT2D eigenvalue weighted by atomic mass is 16.3. The van der Waals surface area contributed by atoms with Gasteiger partial charge in [-0.25, -0.2) is 0 Å². The molecule has 2 amide bonds. The SMILES string of the molecule is C/C=C/CN1c2c(O)cc(C/C(C)=C/CC/C(C)=C/CC/C(C)=C/CN3C(=O)c4cccc(O)c4N(C=C(C)C)c4c(O)cc(O)cc43)cc2C(=O)N(C/C=C(\C)CC/C=C(\C)CCC=C(C)C)c2cc(O)cc(O)c21. The fraction of sp³-hybridized carbons (Fsp3) is 0.344. The van der Waals surface area contributed by atoms with Crippen LogP contribution < -0.4 is 19.6 Å². The minimum Gasteiger partial charge on any atom is -0.508 e. The highest BCUT2D eigenvalue weighted by Crippen LogP contribution is 2.52. The summed E-state index contributed by atoms with van der Waals surface area (Å²) in [6, 6.07) is 13.7. The number of hydrogen-bond acceptors (Lipinski definition) is 10. The topological polar surface area (TPSA) is 168 Å². The van der Waals surface area contributed by atoms with Gasteiger partial charge in [0.05, 0.1) is 28.2 Å². The lowest BCUT2D eigenvalue weighted by Gasteiger charge is -2.27. The number of aromatic hydroxyl groups is 6. The van der Waals surface area contributed by atoms with Crippen molar-refractivity contribution >= 4 is 45.9 Å². The van der Waals surface area contributed by atoms with Crippen LogP contribution in [0.25, 0.3) is 0 Å². The van der Waals surface area contributed by atoms with Crippen LogP contribution >= 0.6 is 0 Å². The molecule has 0 fully saturated rings. The molecule has 0 saturated carbocycles. The van der Waals surface area contributed by atoms with Crippen LogP contribution in [0.5, 0.6) is 34.5 Å². The molecule has 12 nitrogen and oxygen atoms in total. The van der Waals surface area contributed by atoms with E-state index in [2.05, 4.69) is 58.9 Å². The molecule has 76 heavy (non-hydrogen) atoms. The molecule has 12 heteroatoms. The molecule has 6 rings (SSSR count). The van der Waals surface area contributed by atoms with Crippen molar-refractivity contribution in [1.29, 1.82) is 0 Å². The molecule has 0 aliphatic carbocycles. The first-order chi connectivity index (χ1) is 36.2. The van der Waals surface area contributed by atoms with Gasteiger partial charge in [-0.05, 0) is 157 Å². The molecule has 0 aromatic heterocycles. The maximum atomic E-state index is 14.9. The second-order valence-corrected chi connectivity index (χ2v) is 20.8. The maximum absolute atomic E-state index is 14.9. The Kier molecular flexibility index (Phi) is 19.7. The predicted octanol–water partition coefficient (Wildman–Crippen LogP) is 15.7. The molecule has 0 spiro atoms. The number of carbonyl (C=O) groups is 2. The number of amides is 2. The molecule has 402 valence electrons. The van der Waals surface area contributed by atoms with Crippen LogP contribution in [0, 0.1) is 0 Å². The Morgan fingerprint density at radius 2 is 0.947 bits per heavy atom. The van der Waals surface area contributed by atoms with E-state index in [1.54, 1.807) is 39.1 Å². The maximum Gasteiger partial charge on any atom is 0.260 e. The van der Waals surface area contributed by atoms with E-state index in [0.29, 0.717) is 34.7 Å². The number of anilines is 6. The number of fused-ring (bicyclic) bond motifs is 4. The van der Waals surface area contributed by atoms with E-state index in [0.717, 1.165) is 79.2 Å². The summed E-state index contributed by atoms with van der Waals surface area (Å²) in [5, 5.41) is 66.8. The summed E-state index contributed by atoms with van der Waals surface area (Å²) in [5.41, 5.74) is 11.1. The largest absolute Gasteiger partial charge is 0.508 e. The van der Waals surface area contributed by atoms with Crippen molar-refractivity contribution in [3.8, 4) is 34.5 Å². The van der Waals surface area contributed by atoms with Gasteiger partial charge in [-0.2, -0.15) is 0 Å². The van der Waals surface area contributed by atoms with Crippen LogP contribution in [0.4, 0.5) is 34.1 Å². The Balaban J connectivity index is 1.14. The zero-order valence-corrected chi connectivity index (χ0v) is 46.2. The number of nitrogens with zero attached hydrogens (tertiary/aromatic N) is 4. The van der Waals surface area contributed by atoms with Gasteiger partial charge in [-0.15, -0.1) is 0 Å². The summed E-state index contributed by atoms with van der Waals surface area (Å²) in [7, 11) is 0. The molecular weight excluding hydrogens is 953 g/mol. The van der Waals surface area contributed by atoms with Crippen LogP contribution in [0.3, 0.4) is 0 Å². The van der Waals surface area contributed by atoms with Crippen LogP contribution in [0.1, 0.15) is 147 Å². The Bertz CT molecular complexity index is 3070. The molecule has 0 unspecified atom stereocenters. The van der Waals surface area contributed by atoms with Crippen molar-refractivity contribution in [3.63, 3.8) is 0 Å². The van der Waals surface area contributed by atoms with Gasteiger partial charge in [0.1, 0.15) is 51.6 Å². The summed E-state index contributed by atoms with van der Waals surface area (Å²) in [5.74, 6) is -1.76. The minimum atomic E-state index is -0.380. The third-order valence-electron chi connectivity index (χ3n) is 13.7. The number of phenols is 6. The summed E-state index contributed by atoms with van der Waals surface area (Å²) in [6.07, 6.45) is 25.8. The second-order valence-electron chi connectivity index (χ2n) is 20.8. The van der Waals surface area contributed by atoms with Crippen molar-refractivity contribution in [1.82, 2.24) is 0 Å². The van der Waals surface area contributed by atoms with Crippen molar-refractivity contribution in [2.24, 2.45) is 0 Å². The number of benzene rings is 4. The number of carbonyl (C=O) groups excluding carboxylic acids is 2. The first-order valence-corrected chi connectivity index (χ1v) is 26.4. The zero-order valence-electron chi connectivity index (χ0n) is 46.2. The van der Waals surface area contributed by atoms with Gasteiger partial charge in [-0.3, -0.25) is 9.59 Å². The van der Waals surface area contributed by atoms with E-state index in [-0.39, 0.29) is 82.9 Å². The van der Waals surface area contributed by atoms with E-state index < -0.39 is 0 Å². The Labute approximate surface area is 450 Å². The van der Waals surface area contributed by atoms with Gasteiger partial charge in [0.25, 0.3) is 11.8 Å². The summed E-state index contributed by atoms with van der Waals surface area (Å²) in [6.45, 7) is 20.9. The van der Waals surface area contributed by atoms with Gasteiger partial charge in [0.2, 0.25) is 0 Å². The first-order valence-electron chi connectivity index (χ1n) is 26.4. The summed E-state index contributed by atoms with van der Waals surface area (Å²) < 4.78 is 0. The number of rotatable bonds is 21. The van der Waals surface area contributed by atoms with E-state index in [4.69, 9.17) is 0 Å². The van der Waals surface area contributed by atoms with Gasteiger partial charge in [0.15, 0.2) is 0 Å². The van der Waals surface area contributed by atoms with Crippen LogP contribution in [0.15, 0.2) is 148 Å². The van der Waals surface area contributed by atoms with Gasteiger partial charge < -0.3 is 50.2 Å². The molecule has 2 heterocycles. The van der Waals surface area contributed by atoms with Gasteiger partial charge >= 0.3 is 0 Å². The van der Waals surface area contributed by atoms with E-state index in [1.807, 2.05) is 65.0 Å². The Hall–Kier alpha value is -7.86. The summed E-state index contributed by atoms with van der Waals surface area (Å²) >= 11 is 0. The van der Waals surface area contributed by atoms with Gasteiger partial charge in [0, 0.05) is 50.1 Å². The number of hydrogen-bond donors (Lipinski definition) is 6. The molecule has 4 aromatic carbocycles. The highest BCUT2D eigenvalue weighted by Gasteiger charge is 2.36. The molecule has 0 atom stereocenters. The Morgan fingerprint density at radius 1 is 0.461 bits per heavy atom. The summed E-state index contributed by atoms with van der Waals surface area (Å²) in [4.78, 5) is 35.5. The lowest BCUT2D eigenvalue weighted by molar-refractivity contribution is 0.0983. The number of allylic oxidation sites excluding steroid dienone is 12. The van der Waals surface area contributed by atoms with Crippen LogP contribution in [-0.2, 0) is 6.42 Å². The van der Waals surface area contributed by atoms with E-state index in [1.165, 1.54) is 52.0 Å². The van der Waals surface area contributed by atoms with Crippen molar-refractivity contribution in [2.75, 3.05) is 39.2 Å². The van der Waals surface area contributed by atoms with E-state index >= 15 is 0 Å². The second kappa shape index (κ2) is 26.1. The van der Waals surface area contributed by atoms with Crippen LogP contribution in [0.2, 0.25) is 0 Å². The van der Waals surface area contributed by atoms with Crippen molar-refractivity contribution in [2.45, 2.75) is 127 Å². The standard InChI is InChI=1S/C64H78N4O8/c1-11-12-30-67-60-52(64(76)66(53-36-49(69)38-57(73)61(53)67)32-29-46(9)23-14-20-43(6)19-13-18-41(2)3)34-48(35-56(60)72)33-47(10)25-16-22-44(7)21-15-24-45(8)28-31-65-54-37-50(70)39-58(74)62(54)68(40-42(4)5)59-51(63(65)75)26-17-27-55(59)71/h11-12,17-18,20-21,25-29,34-40,69-74H,13-16,19,22-24,30-33H2,1-10H3/b12-11+,43-20+,44-21+,45-28+,46-29+,47-25+. The highest BCUT2D eigenvalue weighted by molar-refractivity contribution is 6.17. The quantitative estimate of drug-likeness (QED) is 0.0442. The predicted molar refractivity (Wildman–Crippen MR) is 311 cm³/mol. The van der Waals surface area contributed by atoms with E-state index in [9.17, 15) is 40.2 Å². The zero-order chi connectivity index (χ0) is 55.4. The first kappa shape index (κ1) is 57.4. The molecular formula is C64H78N4O8. The Morgan fingerprint density at radius 3 is 1.49 bits per heavy atom. The molecule has 0 bridgehead atoms. The van der Waals surface area contributed by atoms with Crippen LogP contribution in [-0.4, -0.2) is 62.1 Å². The fourth-order valence-electron chi connectivity index (χ4n) is 9.70. The molecule has 2 aliphatic heterocycles. The lowest BCUT2D eigenvalue weighted by Crippen LogP contribution is -2.30. The third kappa shape index (κ3) is 14.3. The number of para-hydroxylation sites is 1. The average Bonchev–Trinajstić information content (AvgIpc) is 3.55. The molecule has 4 aromatic rings. The van der Waals surface area contributed by atoms with Gasteiger partial charge in [-0.1, -0.05) is 93.7 Å². The molecule has 2 aliphatic rings. The molecule has 0 radical (unpaired) electrons. The van der Waals surface area contributed by atoms with Crippen molar-refractivity contribution < 1.29 is 40.2 Å². The molecule has 6 N–H and O–H groups in total. The monoisotopic (exact) mass is 1030 g/mol. The lowest BCUT2D eigenvalue weighted by atomic mass is 9.99. The minimum absolute atomic E-state index is 0.0850. The molecule has 0 saturated heterocycles. The number of phenolic OH excluding ortho intramolecular Hbond substituents is 6. The third-order valence-corrected chi connectivity index (χ3v) is 13.7. The van der Waals surface area contributed by atoms with Crippen molar-refractivity contribution in [3.05, 3.63) is 165 Å². The smallest absolute Gasteiger partial charge is 0.260 e. The average molecular weight is 1030 g/mol. The normalized spacial score (nSPS) is 14.4. The fourth-order valence-corrected chi connectivity index (χ4v) is 9.70.